The summed E-state index contributed by atoms with van der Waals surface area (Å²) in [4.78, 5) is 24.0. The van der Waals surface area contributed by atoms with Crippen LogP contribution >= 0.6 is 15.9 Å². The Labute approximate surface area is 120 Å². The third kappa shape index (κ3) is 5.67. The van der Waals surface area contributed by atoms with Gasteiger partial charge in [0.1, 0.15) is 0 Å². The molecule has 0 aliphatic heterocycles. The molecule has 0 radical (unpaired) electrons. The van der Waals surface area contributed by atoms with Crippen molar-refractivity contribution in [2.24, 2.45) is 0 Å². The minimum atomic E-state index is -0.976. The van der Waals surface area contributed by atoms with E-state index in [1.54, 1.807) is 18.2 Å². The Bertz CT molecular complexity index is 477. The summed E-state index contributed by atoms with van der Waals surface area (Å²) in [6.45, 7) is 3.68. The first kappa shape index (κ1) is 15.4. The zero-order valence-corrected chi connectivity index (χ0v) is 11.9. The van der Waals surface area contributed by atoms with Crippen LogP contribution in [-0.2, 0) is 9.59 Å². The van der Waals surface area contributed by atoms with Gasteiger partial charge in [-0.2, -0.15) is 0 Å². The number of para-hydroxylation sites is 1. The van der Waals surface area contributed by atoms with E-state index in [1.807, 2.05) is 12.1 Å². The number of aliphatic carboxylic acids is 1. The average molecular weight is 327 g/mol. The molecule has 0 aromatic heterocycles. The standard InChI is InChI=1S/C13H15BrN2O3/c1-2-7-16(9-13(18)19)8-12(17)15-11-6-4-3-5-10(11)14/h2-6H,1,7-9H2,(H,15,17)(H,18,19). The van der Waals surface area contributed by atoms with Crippen LogP contribution in [0.3, 0.4) is 0 Å². The van der Waals surface area contributed by atoms with Crippen LogP contribution in [-0.4, -0.2) is 41.5 Å². The number of anilines is 1. The fraction of sp³-hybridized carbons (Fsp3) is 0.231. The van der Waals surface area contributed by atoms with Crippen molar-refractivity contribution in [1.29, 1.82) is 0 Å². The van der Waals surface area contributed by atoms with Crippen LogP contribution in [0.4, 0.5) is 5.69 Å². The van der Waals surface area contributed by atoms with Crippen molar-refractivity contribution in [3.05, 3.63) is 41.4 Å². The van der Waals surface area contributed by atoms with E-state index in [4.69, 9.17) is 5.11 Å². The molecule has 1 amide bonds. The Hall–Kier alpha value is -1.66. The highest BCUT2D eigenvalue weighted by molar-refractivity contribution is 9.10. The predicted molar refractivity (Wildman–Crippen MR) is 77.0 cm³/mol. The van der Waals surface area contributed by atoms with Crippen molar-refractivity contribution < 1.29 is 14.7 Å². The minimum absolute atomic E-state index is 0.000343. The number of carbonyl (C=O) groups excluding carboxylic acids is 1. The number of rotatable bonds is 7. The molecule has 6 heteroatoms. The number of amides is 1. The van der Waals surface area contributed by atoms with Crippen molar-refractivity contribution in [3.8, 4) is 0 Å². The second kappa shape index (κ2) is 7.70. The number of carboxylic acids is 1. The zero-order chi connectivity index (χ0) is 14.3. The smallest absolute Gasteiger partial charge is 0.317 e. The van der Waals surface area contributed by atoms with Crippen LogP contribution in [0.2, 0.25) is 0 Å². The van der Waals surface area contributed by atoms with Gasteiger partial charge in [-0.05, 0) is 28.1 Å². The van der Waals surface area contributed by atoms with Gasteiger partial charge in [0, 0.05) is 11.0 Å². The lowest BCUT2D eigenvalue weighted by atomic mass is 10.3. The molecule has 0 aliphatic rings. The van der Waals surface area contributed by atoms with Crippen LogP contribution in [0.1, 0.15) is 0 Å². The molecular formula is C13H15BrN2O3. The lowest BCUT2D eigenvalue weighted by molar-refractivity contribution is -0.138. The molecule has 2 N–H and O–H groups in total. The Balaban J connectivity index is 2.60. The van der Waals surface area contributed by atoms with Crippen LogP contribution < -0.4 is 5.32 Å². The van der Waals surface area contributed by atoms with Gasteiger partial charge < -0.3 is 10.4 Å². The molecule has 0 saturated carbocycles. The first-order valence-corrected chi connectivity index (χ1v) is 6.41. The highest BCUT2D eigenvalue weighted by Gasteiger charge is 2.13. The molecule has 0 spiro atoms. The predicted octanol–water partition coefficient (Wildman–Crippen LogP) is 1.96. The molecule has 0 atom stereocenters. The van der Waals surface area contributed by atoms with Crippen LogP contribution in [0, 0.1) is 0 Å². The van der Waals surface area contributed by atoms with Crippen LogP contribution in [0.15, 0.2) is 41.4 Å². The van der Waals surface area contributed by atoms with E-state index in [0.717, 1.165) is 4.47 Å². The highest BCUT2D eigenvalue weighted by Crippen LogP contribution is 2.20. The molecule has 1 aromatic carbocycles. The molecule has 19 heavy (non-hydrogen) atoms. The molecule has 102 valence electrons. The Morgan fingerprint density at radius 3 is 2.63 bits per heavy atom. The summed E-state index contributed by atoms with van der Waals surface area (Å²) in [6.07, 6.45) is 1.56. The van der Waals surface area contributed by atoms with Gasteiger partial charge in [-0.25, -0.2) is 0 Å². The number of nitrogens with one attached hydrogen (secondary N) is 1. The van der Waals surface area contributed by atoms with Gasteiger partial charge in [0.25, 0.3) is 0 Å². The van der Waals surface area contributed by atoms with Gasteiger partial charge in [-0.3, -0.25) is 14.5 Å². The normalized spacial score (nSPS) is 10.2. The van der Waals surface area contributed by atoms with Crippen molar-refractivity contribution in [1.82, 2.24) is 4.90 Å². The number of hydrogen-bond acceptors (Lipinski definition) is 3. The molecule has 0 unspecified atom stereocenters. The van der Waals surface area contributed by atoms with E-state index in [0.29, 0.717) is 12.2 Å². The topological polar surface area (TPSA) is 69.6 Å². The molecule has 5 nitrogen and oxygen atoms in total. The minimum Gasteiger partial charge on any atom is -0.480 e. The van der Waals surface area contributed by atoms with E-state index < -0.39 is 5.97 Å². The summed E-state index contributed by atoms with van der Waals surface area (Å²) in [5.74, 6) is -1.24. The molecule has 0 bridgehead atoms. The summed E-state index contributed by atoms with van der Waals surface area (Å²) in [7, 11) is 0. The first-order valence-electron chi connectivity index (χ1n) is 5.62. The lowest BCUT2D eigenvalue weighted by Crippen LogP contribution is -2.37. The number of nitrogens with zero attached hydrogens (tertiary/aromatic N) is 1. The van der Waals surface area contributed by atoms with E-state index in [-0.39, 0.29) is 19.0 Å². The van der Waals surface area contributed by atoms with Crippen molar-refractivity contribution in [2.45, 2.75) is 0 Å². The third-order valence-corrected chi connectivity index (χ3v) is 2.95. The molecule has 1 rings (SSSR count). The van der Waals surface area contributed by atoms with E-state index in [9.17, 15) is 9.59 Å². The van der Waals surface area contributed by atoms with E-state index >= 15 is 0 Å². The largest absolute Gasteiger partial charge is 0.480 e. The Kier molecular flexibility index (Phi) is 6.24. The second-order valence-corrected chi connectivity index (χ2v) is 4.73. The van der Waals surface area contributed by atoms with Gasteiger partial charge >= 0.3 is 5.97 Å². The number of halogens is 1. The van der Waals surface area contributed by atoms with Crippen LogP contribution in [0.5, 0.6) is 0 Å². The molecule has 0 aliphatic carbocycles. The maximum atomic E-state index is 11.8. The number of hydrogen-bond donors (Lipinski definition) is 2. The highest BCUT2D eigenvalue weighted by atomic mass is 79.9. The summed E-state index contributed by atoms with van der Waals surface area (Å²) in [5.41, 5.74) is 0.654. The monoisotopic (exact) mass is 326 g/mol. The van der Waals surface area contributed by atoms with Crippen molar-refractivity contribution in [2.75, 3.05) is 25.0 Å². The first-order chi connectivity index (χ1) is 9.02. The Morgan fingerprint density at radius 1 is 1.37 bits per heavy atom. The van der Waals surface area contributed by atoms with E-state index in [1.165, 1.54) is 4.90 Å². The van der Waals surface area contributed by atoms with Gasteiger partial charge in [-0.1, -0.05) is 18.2 Å². The average Bonchev–Trinajstić information content (AvgIpc) is 2.31. The molecule has 1 aromatic rings. The quantitative estimate of drug-likeness (QED) is 0.751. The fourth-order valence-corrected chi connectivity index (χ4v) is 1.90. The van der Waals surface area contributed by atoms with Gasteiger partial charge in [-0.15, -0.1) is 6.58 Å². The number of benzene rings is 1. The maximum absolute atomic E-state index is 11.8. The summed E-state index contributed by atoms with van der Waals surface area (Å²) in [5, 5.41) is 11.5. The summed E-state index contributed by atoms with van der Waals surface area (Å²) in [6, 6.07) is 7.22. The molecule has 0 saturated heterocycles. The van der Waals surface area contributed by atoms with Gasteiger partial charge in [0.2, 0.25) is 5.91 Å². The lowest BCUT2D eigenvalue weighted by Gasteiger charge is -2.17. The molecular weight excluding hydrogens is 312 g/mol. The second-order valence-electron chi connectivity index (χ2n) is 3.88. The fourth-order valence-electron chi connectivity index (χ4n) is 1.51. The molecule has 0 heterocycles. The van der Waals surface area contributed by atoms with Gasteiger partial charge in [0.15, 0.2) is 0 Å². The van der Waals surface area contributed by atoms with Gasteiger partial charge in [0.05, 0.1) is 18.8 Å². The number of carbonyl (C=O) groups is 2. The Morgan fingerprint density at radius 2 is 2.05 bits per heavy atom. The SMILES string of the molecule is C=CCN(CC(=O)O)CC(=O)Nc1ccccc1Br. The maximum Gasteiger partial charge on any atom is 0.317 e. The third-order valence-electron chi connectivity index (χ3n) is 2.26. The van der Waals surface area contributed by atoms with Crippen molar-refractivity contribution >= 4 is 33.5 Å². The summed E-state index contributed by atoms with van der Waals surface area (Å²) < 4.78 is 0.775. The van der Waals surface area contributed by atoms with Crippen molar-refractivity contribution in [3.63, 3.8) is 0 Å². The zero-order valence-electron chi connectivity index (χ0n) is 10.3. The van der Waals surface area contributed by atoms with Crippen LogP contribution in [0.25, 0.3) is 0 Å². The number of carboxylic acid groups (broad SMARTS) is 1. The van der Waals surface area contributed by atoms with E-state index in [2.05, 4.69) is 27.8 Å². The summed E-state index contributed by atoms with van der Waals surface area (Å²) >= 11 is 3.32. The molecule has 0 fully saturated rings.